The molecular formula is C12H13NO5S. The highest BCUT2D eigenvalue weighted by atomic mass is 32.2. The normalized spacial score (nSPS) is 16.2. The molecule has 0 aromatic heterocycles. The summed E-state index contributed by atoms with van der Waals surface area (Å²) in [5, 5.41) is 20.3. The number of aromatic carboxylic acids is 1. The largest absolute Gasteiger partial charge is 0.478 e. The van der Waals surface area contributed by atoms with Crippen LogP contribution in [0.2, 0.25) is 0 Å². The number of nitrogens with zero attached hydrogens (tertiary/aromatic N) is 1. The summed E-state index contributed by atoms with van der Waals surface area (Å²) in [5.74, 6) is -1.14. The second-order valence-electron chi connectivity index (χ2n) is 4.15. The van der Waals surface area contributed by atoms with Gasteiger partial charge in [-0.1, -0.05) is 6.07 Å². The highest BCUT2D eigenvalue weighted by Crippen LogP contribution is 2.38. The topological polar surface area (TPSA) is 89.7 Å². The van der Waals surface area contributed by atoms with E-state index in [1.165, 1.54) is 30.0 Å². The Morgan fingerprint density at radius 3 is 2.68 bits per heavy atom. The fraction of sp³-hybridized carbons (Fsp3) is 0.417. The molecule has 1 N–H and O–H groups in total. The van der Waals surface area contributed by atoms with E-state index in [1.807, 2.05) is 0 Å². The fourth-order valence-corrected chi connectivity index (χ4v) is 3.23. The Balaban J connectivity index is 2.34. The minimum absolute atomic E-state index is 0.00862. The number of hydrogen-bond donors (Lipinski definition) is 1. The number of nitro benzene ring substituents is 1. The standard InChI is InChI=1S/C12H13NO5S/c14-12(15)9-2-1-3-10(13(16)17)11(9)19-8-4-6-18-7-5-8/h1-3,8H,4-7H2,(H,14,15). The SMILES string of the molecule is O=C(O)c1cccc([N+](=O)[O-])c1SC1CCOCC1. The third-order valence-corrected chi connectivity index (χ3v) is 4.34. The molecule has 1 aliphatic rings. The Morgan fingerprint density at radius 1 is 1.42 bits per heavy atom. The van der Waals surface area contributed by atoms with Crippen LogP contribution in [0.5, 0.6) is 0 Å². The summed E-state index contributed by atoms with van der Waals surface area (Å²) < 4.78 is 5.23. The first-order valence-corrected chi connectivity index (χ1v) is 6.72. The average Bonchev–Trinajstić information content (AvgIpc) is 2.39. The average molecular weight is 283 g/mol. The number of hydrogen-bond acceptors (Lipinski definition) is 5. The van der Waals surface area contributed by atoms with Crippen molar-refractivity contribution in [2.45, 2.75) is 23.0 Å². The van der Waals surface area contributed by atoms with Gasteiger partial charge in [-0.2, -0.15) is 0 Å². The predicted molar refractivity (Wildman–Crippen MR) is 69.8 cm³/mol. The van der Waals surface area contributed by atoms with Crippen LogP contribution in [-0.2, 0) is 4.74 Å². The number of carboxylic acid groups (broad SMARTS) is 1. The first-order valence-electron chi connectivity index (χ1n) is 5.84. The number of carboxylic acids is 1. The van der Waals surface area contributed by atoms with Crippen molar-refractivity contribution in [3.05, 3.63) is 33.9 Å². The lowest BCUT2D eigenvalue weighted by molar-refractivity contribution is -0.387. The van der Waals surface area contributed by atoms with Gasteiger partial charge in [0.15, 0.2) is 0 Å². The molecular weight excluding hydrogens is 270 g/mol. The summed E-state index contributed by atoms with van der Waals surface area (Å²) in [7, 11) is 0. The number of benzene rings is 1. The number of thioether (sulfide) groups is 1. The van der Waals surface area contributed by atoms with E-state index in [4.69, 9.17) is 9.84 Å². The molecule has 0 bridgehead atoms. The van der Waals surface area contributed by atoms with Crippen LogP contribution in [-0.4, -0.2) is 34.5 Å². The first kappa shape index (κ1) is 13.8. The van der Waals surface area contributed by atoms with Gasteiger partial charge in [-0.15, -0.1) is 11.8 Å². The van der Waals surface area contributed by atoms with Crippen molar-refractivity contribution in [1.82, 2.24) is 0 Å². The molecule has 0 unspecified atom stereocenters. The van der Waals surface area contributed by atoms with Gasteiger partial charge in [-0.3, -0.25) is 10.1 Å². The summed E-state index contributed by atoms with van der Waals surface area (Å²) in [5.41, 5.74) is -0.151. The number of rotatable bonds is 4. The van der Waals surface area contributed by atoms with Gasteiger partial charge in [0.2, 0.25) is 0 Å². The molecule has 0 saturated carbocycles. The summed E-state index contributed by atoms with van der Waals surface area (Å²) in [6.45, 7) is 1.22. The van der Waals surface area contributed by atoms with E-state index in [0.29, 0.717) is 13.2 Å². The lowest BCUT2D eigenvalue weighted by Gasteiger charge is -2.21. The number of ether oxygens (including phenoxy) is 1. The summed E-state index contributed by atoms with van der Waals surface area (Å²) in [6.07, 6.45) is 1.55. The van der Waals surface area contributed by atoms with Crippen molar-refractivity contribution >= 4 is 23.4 Å². The molecule has 1 aromatic rings. The molecule has 1 aromatic carbocycles. The second kappa shape index (κ2) is 6.03. The molecule has 1 fully saturated rings. The van der Waals surface area contributed by atoms with E-state index in [-0.39, 0.29) is 21.4 Å². The maximum atomic E-state index is 11.2. The number of nitro groups is 1. The van der Waals surface area contributed by atoms with Crippen molar-refractivity contribution in [2.75, 3.05) is 13.2 Å². The van der Waals surface area contributed by atoms with Gasteiger partial charge in [0.05, 0.1) is 15.4 Å². The Bertz CT molecular complexity index is 467. The lowest BCUT2D eigenvalue weighted by Crippen LogP contribution is -2.18. The maximum absolute atomic E-state index is 11.2. The molecule has 7 heteroatoms. The molecule has 0 aliphatic carbocycles. The van der Waals surface area contributed by atoms with Crippen molar-refractivity contribution in [3.8, 4) is 0 Å². The van der Waals surface area contributed by atoms with E-state index in [9.17, 15) is 14.9 Å². The van der Waals surface area contributed by atoms with Crippen LogP contribution in [0, 0.1) is 10.1 Å². The molecule has 0 atom stereocenters. The monoisotopic (exact) mass is 283 g/mol. The van der Waals surface area contributed by atoms with Crippen LogP contribution in [0.25, 0.3) is 0 Å². The molecule has 6 nitrogen and oxygen atoms in total. The maximum Gasteiger partial charge on any atom is 0.337 e. The van der Waals surface area contributed by atoms with Gasteiger partial charge in [0, 0.05) is 24.5 Å². The van der Waals surface area contributed by atoms with E-state index < -0.39 is 10.9 Å². The summed E-state index contributed by atoms with van der Waals surface area (Å²) in [6, 6.07) is 4.14. The van der Waals surface area contributed by atoms with Gasteiger partial charge >= 0.3 is 5.97 Å². The molecule has 1 saturated heterocycles. The van der Waals surface area contributed by atoms with Gasteiger partial charge in [0.25, 0.3) is 5.69 Å². The molecule has 2 rings (SSSR count). The van der Waals surface area contributed by atoms with Gasteiger partial charge in [-0.05, 0) is 18.9 Å². The Kier molecular flexibility index (Phi) is 4.39. The van der Waals surface area contributed by atoms with Crippen molar-refractivity contribution in [1.29, 1.82) is 0 Å². The van der Waals surface area contributed by atoms with Gasteiger partial charge in [-0.25, -0.2) is 4.79 Å². The van der Waals surface area contributed by atoms with E-state index in [1.54, 1.807) is 0 Å². The fourth-order valence-electron chi connectivity index (χ4n) is 1.92. The van der Waals surface area contributed by atoms with Crippen LogP contribution < -0.4 is 0 Å². The predicted octanol–water partition coefficient (Wildman–Crippen LogP) is 2.56. The van der Waals surface area contributed by atoms with Crippen molar-refractivity contribution < 1.29 is 19.6 Å². The molecule has 1 heterocycles. The third kappa shape index (κ3) is 3.24. The van der Waals surface area contributed by atoms with Gasteiger partial charge in [0.1, 0.15) is 0 Å². The Morgan fingerprint density at radius 2 is 2.11 bits per heavy atom. The highest BCUT2D eigenvalue weighted by molar-refractivity contribution is 8.00. The van der Waals surface area contributed by atoms with Crippen LogP contribution in [0.15, 0.2) is 23.1 Å². The zero-order chi connectivity index (χ0) is 13.8. The van der Waals surface area contributed by atoms with Gasteiger partial charge < -0.3 is 9.84 Å². The van der Waals surface area contributed by atoms with Crippen LogP contribution in [0.4, 0.5) is 5.69 Å². The zero-order valence-electron chi connectivity index (χ0n) is 10.1. The molecule has 0 radical (unpaired) electrons. The lowest BCUT2D eigenvalue weighted by atomic mass is 10.2. The molecule has 0 spiro atoms. The third-order valence-electron chi connectivity index (χ3n) is 2.87. The Labute approximate surface area is 113 Å². The Hall–Kier alpha value is -1.60. The summed E-state index contributed by atoms with van der Waals surface area (Å²) in [4.78, 5) is 21.9. The smallest absolute Gasteiger partial charge is 0.337 e. The van der Waals surface area contributed by atoms with E-state index in [0.717, 1.165) is 12.8 Å². The van der Waals surface area contributed by atoms with E-state index >= 15 is 0 Å². The quantitative estimate of drug-likeness (QED) is 0.674. The van der Waals surface area contributed by atoms with Crippen LogP contribution in [0.3, 0.4) is 0 Å². The second-order valence-corrected chi connectivity index (χ2v) is 5.46. The number of carbonyl (C=O) groups is 1. The molecule has 102 valence electrons. The van der Waals surface area contributed by atoms with E-state index in [2.05, 4.69) is 0 Å². The van der Waals surface area contributed by atoms with Crippen molar-refractivity contribution in [3.63, 3.8) is 0 Å². The summed E-state index contributed by atoms with van der Waals surface area (Å²) >= 11 is 1.27. The molecule has 0 amide bonds. The molecule has 19 heavy (non-hydrogen) atoms. The van der Waals surface area contributed by atoms with Crippen molar-refractivity contribution in [2.24, 2.45) is 0 Å². The zero-order valence-corrected chi connectivity index (χ0v) is 10.9. The van der Waals surface area contributed by atoms with Crippen LogP contribution >= 0.6 is 11.8 Å². The minimum Gasteiger partial charge on any atom is -0.478 e. The highest BCUT2D eigenvalue weighted by Gasteiger charge is 2.25. The molecule has 1 aliphatic heterocycles. The first-order chi connectivity index (χ1) is 9.09. The van der Waals surface area contributed by atoms with Crippen LogP contribution in [0.1, 0.15) is 23.2 Å². The minimum atomic E-state index is -1.14.